The molecule has 1 rings (SSSR count). The molecule has 0 aromatic heterocycles. The van der Waals surface area contributed by atoms with E-state index in [0.29, 0.717) is 24.0 Å². The molecule has 3 heteroatoms. The number of allylic oxidation sites excluding steroid dienone is 2. The van der Waals surface area contributed by atoms with Gasteiger partial charge in [0.2, 0.25) is 0 Å². The molecule has 0 unspecified atom stereocenters. The Morgan fingerprint density at radius 3 is 1.80 bits per heavy atom. The van der Waals surface area contributed by atoms with Crippen LogP contribution in [0.4, 0.5) is 8.78 Å². The Bertz CT molecular complexity index is 363. The summed E-state index contributed by atoms with van der Waals surface area (Å²) in [4.78, 5) is 0. The molecule has 80 valence electrons. The van der Waals surface area contributed by atoms with E-state index in [-0.39, 0.29) is 3.57 Å². The first-order valence-corrected chi connectivity index (χ1v) is 5.56. The highest BCUT2D eigenvalue weighted by Gasteiger charge is 2.14. The first-order valence-electron chi connectivity index (χ1n) is 4.48. The van der Waals surface area contributed by atoms with Gasteiger partial charge >= 0.3 is 0 Å². The van der Waals surface area contributed by atoms with E-state index in [1.165, 1.54) is 6.07 Å². The van der Waals surface area contributed by atoms with E-state index in [4.69, 9.17) is 0 Å². The zero-order chi connectivity index (χ0) is 11.4. The molecule has 0 spiro atoms. The van der Waals surface area contributed by atoms with Crippen molar-refractivity contribution in [2.24, 2.45) is 0 Å². The third-order valence-electron chi connectivity index (χ3n) is 2.03. The molecule has 0 aliphatic heterocycles. The van der Waals surface area contributed by atoms with Gasteiger partial charge in [-0.25, -0.2) is 8.78 Å². The number of rotatable bonds is 4. The summed E-state index contributed by atoms with van der Waals surface area (Å²) in [5.74, 6) is -0.971. The van der Waals surface area contributed by atoms with E-state index in [2.05, 4.69) is 13.2 Å². The van der Waals surface area contributed by atoms with E-state index in [1.54, 1.807) is 34.7 Å². The molecule has 0 atom stereocenters. The van der Waals surface area contributed by atoms with Gasteiger partial charge in [-0.05, 0) is 52.6 Å². The largest absolute Gasteiger partial charge is 0.205 e. The average Bonchev–Trinajstić information content (AvgIpc) is 2.22. The Morgan fingerprint density at radius 2 is 1.47 bits per heavy atom. The topological polar surface area (TPSA) is 0 Å². The van der Waals surface area contributed by atoms with E-state index < -0.39 is 11.6 Å². The Morgan fingerprint density at radius 1 is 1.07 bits per heavy atom. The van der Waals surface area contributed by atoms with E-state index in [0.717, 1.165) is 0 Å². The molecular formula is C12H11F2I. The summed E-state index contributed by atoms with van der Waals surface area (Å²) in [5, 5.41) is 0. The van der Waals surface area contributed by atoms with Gasteiger partial charge in [-0.1, -0.05) is 12.2 Å². The van der Waals surface area contributed by atoms with Gasteiger partial charge in [0, 0.05) is 0 Å². The summed E-state index contributed by atoms with van der Waals surface area (Å²) in [6.07, 6.45) is 4.02. The Labute approximate surface area is 102 Å². The minimum absolute atomic E-state index is 0.0452. The number of halogens is 3. The summed E-state index contributed by atoms with van der Waals surface area (Å²) >= 11 is 1.68. The molecule has 0 radical (unpaired) electrons. The van der Waals surface area contributed by atoms with Crippen LogP contribution in [-0.2, 0) is 12.8 Å². The van der Waals surface area contributed by atoms with Crippen LogP contribution in [0.5, 0.6) is 0 Å². The number of hydrogen-bond acceptors (Lipinski definition) is 0. The Balaban J connectivity index is 3.30. The fourth-order valence-electron chi connectivity index (χ4n) is 1.32. The summed E-state index contributed by atoms with van der Waals surface area (Å²) in [7, 11) is 0. The van der Waals surface area contributed by atoms with Gasteiger partial charge in [-0.3, -0.25) is 0 Å². The highest BCUT2D eigenvalue weighted by atomic mass is 127. The predicted molar refractivity (Wildman–Crippen MR) is 66.9 cm³/mol. The van der Waals surface area contributed by atoms with Gasteiger partial charge in [0.15, 0.2) is 0 Å². The molecule has 0 heterocycles. The maximum absolute atomic E-state index is 13.5. The van der Waals surface area contributed by atoms with Crippen LogP contribution in [0.15, 0.2) is 31.4 Å². The molecule has 15 heavy (non-hydrogen) atoms. The minimum atomic E-state index is -0.485. The second-order valence-corrected chi connectivity index (χ2v) is 4.20. The molecule has 0 amide bonds. The fraction of sp³-hybridized carbons (Fsp3) is 0.167. The number of benzene rings is 1. The maximum atomic E-state index is 13.5. The highest BCUT2D eigenvalue weighted by Crippen LogP contribution is 2.23. The average molecular weight is 320 g/mol. The number of hydrogen-bond donors (Lipinski definition) is 0. The highest BCUT2D eigenvalue weighted by molar-refractivity contribution is 14.1. The monoisotopic (exact) mass is 320 g/mol. The van der Waals surface area contributed by atoms with Crippen molar-refractivity contribution in [3.8, 4) is 0 Å². The summed E-state index contributed by atoms with van der Waals surface area (Å²) < 4.78 is 27.1. The third-order valence-corrected chi connectivity index (χ3v) is 2.97. The zero-order valence-electron chi connectivity index (χ0n) is 8.19. The van der Waals surface area contributed by atoms with Crippen molar-refractivity contribution in [2.45, 2.75) is 12.8 Å². The van der Waals surface area contributed by atoms with Crippen LogP contribution >= 0.6 is 22.6 Å². The van der Waals surface area contributed by atoms with Gasteiger partial charge in [0.05, 0.1) is 3.57 Å². The lowest BCUT2D eigenvalue weighted by atomic mass is 10.0. The van der Waals surface area contributed by atoms with Gasteiger partial charge < -0.3 is 0 Å². The molecule has 1 aromatic carbocycles. The van der Waals surface area contributed by atoms with Crippen molar-refractivity contribution in [1.82, 2.24) is 0 Å². The summed E-state index contributed by atoms with van der Waals surface area (Å²) in [6, 6.07) is 1.54. The first-order chi connectivity index (χ1) is 7.11. The SMILES string of the molecule is C=CCc1cc(CC=C)c(F)c(I)c1F. The molecule has 0 saturated heterocycles. The minimum Gasteiger partial charge on any atom is -0.205 e. The quantitative estimate of drug-likeness (QED) is 0.446. The lowest BCUT2D eigenvalue weighted by molar-refractivity contribution is 0.554. The molecule has 0 aliphatic carbocycles. The fourth-order valence-corrected chi connectivity index (χ4v) is 2.02. The molecule has 0 aliphatic rings. The van der Waals surface area contributed by atoms with Crippen LogP contribution in [0.1, 0.15) is 11.1 Å². The molecular weight excluding hydrogens is 309 g/mol. The smallest absolute Gasteiger partial charge is 0.143 e. The first kappa shape index (κ1) is 12.4. The van der Waals surface area contributed by atoms with Crippen LogP contribution in [0.25, 0.3) is 0 Å². The van der Waals surface area contributed by atoms with Crippen molar-refractivity contribution in [1.29, 1.82) is 0 Å². The predicted octanol–water partition coefficient (Wildman–Crippen LogP) is 4.03. The lowest BCUT2D eigenvalue weighted by Gasteiger charge is -2.08. The molecule has 0 nitrogen and oxygen atoms in total. The zero-order valence-corrected chi connectivity index (χ0v) is 10.4. The van der Waals surface area contributed by atoms with Crippen molar-refractivity contribution in [3.05, 3.63) is 57.7 Å². The Kier molecular flexibility index (Phi) is 4.45. The second-order valence-electron chi connectivity index (χ2n) is 3.12. The normalized spacial score (nSPS) is 10.1. The van der Waals surface area contributed by atoms with Crippen molar-refractivity contribution < 1.29 is 8.78 Å². The van der Waals surface area contributed by atoms with Crippen molar-refractivity contribution in [2.75, 3.05) is 0 Å². The molecule has 0 bridgehead atoms. The van der Waals surface area contributed by atoms with Gasteiger partial charge in [0.25, 0.3) is 0 Å². The lowest BCUT2D eigenvalue weighted by Crippen LogP contribution is -2.01. The molecule has 0 fully saturated rings. The van der Waals surface area contributed by atoms with Crippen molar-refractivity contribution in [3.63, 3.8) is 0 Å². The molecule has 1 aromatic rings. The van der Waals surface area contributed by atoms with Gasteiger partial charge in [-0.15, -0.1) is 13.2 Å². The van der Waals surface area contributed by atoms with E-state index >= 15 is 0 Å². The Hall–Kier alpha value is -0.710. The summed E-state index contributed by atoms with van der Waals surface area (Å²) in [5.41, 5.74) is 0.959. The third kappa shape index (κ3) is 2.65. The maximum Gasteiger partial charge on any atom is 0.143 e. The van der Waals surface area contributed by atoms with Crippen LogP contribution < -0.4 is 0 Å². The van der Waals surface area contributed by atoms with E-state index in [1.807, 2.05) is 0 Å². The van der Waals surface area contributed by atoms with Crippen LogP contribution in [0.3, 0.4) is 0 Å². The van der Waals surface area contributed by atoms with E-state index in [9.17, 15) is 8.78 Å². The molecule has 0 N–H and O–H groups in total. The summed E-state index contributed by atoms with van der Waals surface area (Å²) in [6.45, 7) is 7.08. The van der Waals surface area contributed by atoms with Gasteiger partial charge in [0.1, 0.15) is 11.6 Å². The van der Waals surface area contributed by atoms with Crippen LogP contribution in [0.2, 0.25) is 0 Å². The van der Waals surface area contributed by atoms with Crippen LogP contribution in [-0.4, -0.2) is 0 Å². The second kappa shape index (κ2) is 5.39. The van der Waals surface area contributed by atoms with Crippen molar-refractivity contribution >= 4 is 22.6 Å². The van der Waals surface area contributed by atoms with Gasteiger partial charge in [-0.2, -0.15) is 0 Å². The van der Waals surface area contributed by atoms with Crippen LogP contribution in [0, 0.1) is 15.2 Å². The molecule has 0 saturated carbocycles. The standard InChI is InChI=1S/C12H11F2I/c1-3-5-8-7-9(6-4-2)11(14)12(15)10(8)13/h3-4,7H,1-2,5-6H2.